The highest BCUT2D eigenvalue weighted by Crippen LogP contribution is 2.31. The Morgan fingerprint density at radius 1 is 1.06 bits per heavy atom. The number of carbonyl (C=O) groups excluding carboxylic acids is 2. The molecule has 162 valence electrons. The number of carbonyl (C=O) groups is 2. The molecule has 0 radical (unpaired) electrons. The third kappa shape index (κ3) is 4.38. The van der Waals surface area contributed by atoms with E-state index in [4.69, 9.17) is 9.73 Å². The Labute approximate surface area is 180 Å². The summed E-state index contributed by atoms with van der Waals surface area (Å²) in [6, 6.07) is 15.3. The summed E-state index contributed by atoms with van der Waals surface area (Å²) in [6.07, 6.45) is 0. The number of ether oxygens (including phenoxy) is 1. The van der Waals surface area contributed by atoms with E-state index in [-0.39, 0.29) is 12.4 Å². The lowest BCUT2D eigenvalue weighted by Gasteiger charge is -2.39. The molecule has 31 heavy (non-hydrogen) atoms. The Morgan fingerprint density at radius 3 is 2.39 bits per heavy atom. The van der Waals surface area contributed by atoms with Crippen molar-refractivity contribution in [2.45, 2.75) is 13.0 Å². The lowest BCUT2D eigenvalue weighted by Crippen LogP contribution is -2.57. The van der Waals surface area contributed by atoms with Crippen LogP contribution in [0.25, 0.3) is 0 Å². The van der Waals surface area contributed by atoms with Gasteiger partial charge in [0.15, 0.2) is 5.92 Å². The minimum absolute atomic E-state index is 0.193. The van der Waals surface area contributed by atoms with E-state index in [2.05, 4.69) is 5.32 Å². The lowest BCUT2D eigenvalue weighted by atomic mass is 9.91. The molecule has 0 bridgehead atoms. The van der Waals surface area contributed by atoms with Crippen LogP contribution in [0.2, 0.25) is 0 Å². The summed E-state index contributed by atoms with van der Waals surface area (Å²) in [5.41, 5.74) is 1.35. The topological polar surface area (TPSA) is 74.2 Å². The van der Waals surface area contributed by atoms with Gasteiger partial charge in [0.25, 0.3) is 0 Å². The van der Waals surface area contributed by atoms with E-state index in [9.17, 15) is 14.0 Å². The molecule has 2 heterocycles. The maximum Gasteiger partial charge on any atom is 0.321 e. The minimum atomic E-state index is -1.04. The van der Waals surface area contributed by atoms with Crippen LogP contribution in [0.15, 0.2) is 59.6 Å². The van der Waals surface area contributed by atoms with Crippen molar-refractivity contribution in [1.82, 2.24) is 10.2 Å². The van der Waals surface area contributed by atoms with Gasteiger partial charge in [-0.3, -0.25) is 14.9 Å². The van der Waals surface area contributed by atoms with Gasteiger partial charge in [-0.2, -0.15) is 0 Å². The van der Waals surface area contributed by atoms with Gasteiger partial charge in [0, 0.05) is 26.2 Å². The number of esters is 1. The lowest BCUT2D eigenvalue weighted by molar-refractivity contribution is -0.153. The fourth-order valence-electron chi connectivity index (χ4n) is 3.98. The van der Waals surface area contributed by atoms with Gasteiger partial charge in [0.2, 0.25) is 11.9 Å². The number of para-hydroxylation sites is 1. The molecular weight excluding hydrogens is 399 g/mol. The Bertz CT molecular complexity index is 974. The number of nitrogens with zero attached hydrogens (tertiary/aromatic N) is 3. The standard InChI is InChI=1S/C23H25FN4O3/c1-2-31-22(30)19-20(16-8-4-3-5-9-16)25-23(26-21(19)29)28-14-12-27(13-15-28)18-11-7-6-10-17(18)24/h3-11,19-20H,2,12-15H2,1H3,(H,25,26,29)/t19-,20+/m1/s1. The van der Waals surface area contributed by atoms with Crippen molar-refractivity contribution in [2.75, 3.05) is 37.7 Å². The summed E-state index contributed by atoms with van der Waals surface area (Å²) in [5.74, 6) is -1.85. The largest absolute Gasteiger partial charge is 0.465 e. The summed E-state index contributed by atoms with van der Waals surface area (Å²) in [6.45, 7) is 4.22. The molecular formula is C23H25FN4O3. The van der Waals surface area contributed by atoms with Gasteiger partial charge in [-0.1, -0.05) is 42.5 Å². The molecule has 2 aliphatic heterocycles. The number of guanidine groups is 1. The van der Waals surface area contributed by atoms with E-state index in [1.165, 1.54) is 6.07 Å². The van der Waals surface area contributed by atoms with E-state index in [1.54, 1.807) is 19.1 Å². The first-order valence-electron chi connectivity index (χ1n) is 10.4. The molecule has 0 aliphatic carbocycles. The predicted octanol–water partition coefficient (Wildman–Crippen LogP) is 2.35. The number of hydrogen-bond donors (Lipinski definition) is 1. The fraction of sp³-hybridized carbons (Fsp3) is 0.348. The van der Waals surface area contributed by atoms with Crippen molar-refractivity contribution in [2.24, 2.45) is 10.9 Å². The Balaban J connectivity index is 1.55. The van der Waals surface area contributed by atoms with Crippen molar-refractivity contribution < 1.29 is 18.7 Å². The van der Waals surface area contributed by atoms with Crippen LogP contribution < -0.4 is 10.2 Å². The molecule has 2 aromatic rings. The molecule has 1 N–H and O–H groups in total. The molecule has 1 saturated heterocycles. The second-order valence-corrected chi connectivity index (χ2v) is 7.45. The predicted molar refractivity (Wildman–Crippen MR) is 115 cm³/mol. The molecule has 2 aromatic carbocycles. The zero-order chi connectivity index (χ0) is 21.8. The highest BCUT2D eigenvalue weighted by molar-refractivity contribution is 6.08. The monoisotopic (exact) mass is 424 g/mol. The molecule has 4 rings (SSSR count). The number of benzene rings is 2. The maximum atomic E-state index is 14.1. The van der Waals surface area contributed by atoms with Crippen molar-refractivity contribution in [3.05, 3.63) is 66.0 Å². The smallest absolute Gasteiger partial charge is 0.321 e. The minimum Gasteiger partial charge on any atom is -0.465 e. The third-order valence-corrected chi connectivity index (χ3v) is 5.55. The van der Waals surface area contributed by atoms with E-state index in [0.717, 1.165) is 5.56 Å². The van der Waals surface area contributed by atoms with Gasteiger partial charge in [-0.05, 0) is 24.6 Å². The molecule has 8 heteroatoms. The van der Waals surface area contributed by atoms with Crippen LogP contribution in [0, 0.1) is 11.7 Å². The zero-order valence-corrected chi connectivity index (χ0v) is 17.3. The SMILES string of the molecule is CCOC(=O)[C@H]1C(=O)NC(N2CCN(c3ccccc3F)CC2)=N[C@H]1c1ccccc1. The fourth-order valence-corrected chi connectivity index (χ4v) is 3.98. The Kier molecular flexibility index (Phi) is 6.16. The second kappa shape index (κ2) is 9.16. The second-order valence-electron chi connectivity index (χ2n) is 7.45. The highest BCUT2D eigenvalue weighted by Gasteiger charge is 2.42. The molecule has 0 aromatic heterocycles. The molecule has 0 spiro atoms. The first-order chi connectivity index (χ1) is 15.1. The van der Waals surface area contributed by atoms with Gasteiger partial charge < -0.3 is 14.5 Å². The molecule has 2 aliphatic rings. The number of anilines is 1. The quantitative estimate of drug-likeness (QED) is 0.603. The van der Waals surface area contributed by atoms with Gasteiger partial charge in [0.05, 0.1) is 12.3 Å². The van der Waals surface area contributed by atoms with Crippen molar-refractivity contribution in [3.63, 3.8) is 0 Å². The number of nitrogens with one attached hydrogen (secondary N) is 1. The maximum absolute atomic E-state index is 14.1. The average molecular weight is 424 g/mol. The van der Waals surface area contributed by atoms with Crippen molar-refractivity contribution in [3.8, 4) is 0 Å². The number of piperazine rings is 1. The third-order valence-electron chi connectivity index (χ3n) is 5.55. The van der Waals surface area contributed by atoms with Crippen LogP contribution in [-0.4, -0.2) is 55.5 Å². The van der Waals surface area contributed by atoms with Crippen LogP contribution in [-0.2, 0) is 14.3 Å². The van der Waals surface area contributed by atoms with Gasteiger partial charge in [-0.15, -0.1) is 0 Å². The van der Waals surface area contributed by atoms with Crippen molar-refractivity contribution >= 4 is 23.5 Å². The molecule has 1 fully saturated rings. The van der Waals surface area contributed by atoms with Gasteiger partial charge in [-0.25, -0.2) is 9.38 Å². The number of aliphatic imine (C=N–C) groups is 1. The van der Waals surface area contributed by atoms with Gasteiger partial charge in [0.1, 0.15) is 11.9 Å². The summed E-state index contributed by atoms with van der Waals surface area (Å²) in [7, 11) is 0. The number of rotatable bonds is 4. The first kappa shape index (κ1) is 20.8. The Hall–Kier alpha value is -3.42. The zero-order valence-electron chi connectivity index (χ0n) is 17.3. The van der Waals surface area contributed by atoms with Gasteiger partial charge >= 0.3 is 5.97 Å². The first-order valence-corrected chi connectivity index (χ1v) is 10.4. The van der Waals surface area contributed by atoms with Crippen LogP contribution in [0.3, 0.4) is 0 Å². The molecule has 1 amide bonds. The summed E-state index contributed by atoms with van der Waals surface area (Å²) < 4.78 is 19.3. The number of amides is 1. The summed E-state index contributed by atoms with van der Waals surface area (Å²) in [5, 5.41) is 2.78. The van der Waals surface area contributed by atoms with Crippen molar-refractivity contribution in [1.29, 1.82) is 0 Å². The van der Waals surface area contributed by atoms with E-state index in [0.29, 0.717) is 37.8 Å². The normalized spacial score (nSPS) is 21.4. The molecule has 0 saturated carbocycles. The van der Waals surface area contributed by atoms with Crippen LogP contribution in [0.5, 0.6) is 0 Å². The summed E-state index contributed by atoms with van der Waals surface area (Å²) >= 11 is 0. The number of halogens is 1. The number of hydrogen-bond acceptors (Lipinski definition) is 6. The highest BCUT2D eigenvalue weighted by atomic mass is 19.1. The van der Waals surface area contributed by atoms with E-state index < -0.39 is 23.8 Å². The Morgan fingerprint density at radius 2 is 1.71 bits per heavy atom. The van der Waals surface area contributed by atoms with E-state index >= 15 is 0 Å². The summed E-state index contributed by atoms with van der Waals surface area (Å²) in [4.78, 5) is 34.1. The van der Waals surface area contributed by atoms with E-state index in [1.807, 2.05) is 46.2 Å². The van der Waals surface area contributed by atoms with Crippen LogP contribution in [0.1, 0.15) is 18.5 Å². The molecule has 0 unspecified atom stereocenters. The average Bonchev–Trinajstić information content (AvgIpc) is 2.80. The van der Waals surface area contributed by atoms with Crippen LogP contribution in [0.4, 0.5) is 10.1 Å². The molecule has 2 atom stereocenters. The molecule has 7 nitrogen and oxygen atoms in total. The van der Waals surface area contributed by atoms with Crippen LogP contribution >= 0.6 is 0 Å².